The summed E-state index contributed by atoms with van der Waals surface area (Å²) < 4.78 is 0. The highest BCUT2D eigenvalue weighted by atomic mass is 16.4. The predicted octanol–water partition coefficient (Wildman–Crippen LogP) is -0.446. The first-order valence-electron chi connectivity index (χ1n) is 3.67. The van der Waals surface area contributed by atoms with Gasteiger partial charge < -0.3 is 20.4 Å². The summed E-state index contributed by atoms with van der Waals surface area (Å²) in [6.07, 6.45) is -2.29. The molecule has 0 atom stereocenters. The van der Waals surface area contributed by atoms with Gasteiger partial charge in [0, 0.05) is 0 Å². The first kappa shape index (κ1) is 15.6. The Bertz CT molecular complexity index is 242. The maximum absolute atomic E-state index is 10.3. The van der Waals surface area contributed by atoms with Gasteiger partial charge >= 0.3 is 17.9 Å². The van der Waals surface area contributed by atoms with E-state index in [1.807, 2.05) is 0 Å². The Hall–Kier alpha value is -1.89. The van der Waals surface area contributed by atoms with Crippen molar-refractivity contribution in [1.82, 2.24) is 0 Å². The van der Waals surface area contributed by atoms with Crippen LogP contribution in [-0.4, -0.2) is 43.9 Å². The molecular weight excluding hydrogens is 208 g/mol. The Morgan fingerprint density at radius 2 is 1.20 bits per heavy atom. The van der Waals surface area contributed by atoms with E-state index in [1.165, 1.54) is 0 Å². The van der Waals surface area contributed by atoms with Gasteiger partial charge in [-0.05, 0) is 0 Å². The molecule has 86 valence electrons. The minimum atomic E-state index is -2.74. The van der Waals surface area contributed by atoms with Gasteiger partial charge in [0.25, 0.3) is 0 Å². The van der Waals surface area contributed by atoms with Crippen LogP contribution in [0.4, 0.5) is 0 Å². The average Bonchev–Trinajstić information content (AvgIpc) is 2.04. The predicted molar refractivity (Wildman–Crippen MR) is 48.3 cm³/mol. The summed E-state index contributed by atoms with van der Waals surface area (Å²) in [6, 6.07) is 0. The zero-order chi connectivity index (χ0) is 12.6. The molecule has 0 aliphatic rings. The lowest BCUT2D eigenvalue weighted by atomic mass is 9.96. The van der Waals surface area contributed by atoms with Crippen LogP contribution < -0.4 is 0 Å². The molecule has 0 radical (unpaired) electrons. The van der Waals surface area contributed by atoms with Crippen molar-refractivity contribution in [2.75, 3.05) is 0 Å². The van der Waals surface area contributed by atoms with Crippen LogP contribution >= 0.6 is 0 Å². The molecule has 0 saturated carbocycles. The zero-order valence-corrected chi connectivity index (χ0v) is 7.84. The quantitative estimate of drug-likeness (QED) is 0.461. The lowest BCUT2D eigenvalue weighted by molar-refractivity contribution is -0.170. The van der Waals surface area contributed by atoms with Crippen molar-refractivity contribution in [3.05, 3.63) is 13.2 Å². The van der Waals surface area contributed by atoms with Crippen LogP contribution in [0.25, 0.3) is 0 Å². The maximum atomic E-state index is 10.3. The standard InChI is InChI=1S/C6H8O7.C2H4/c7-3(8)1-6(13,5(11)12)2-4(9)10;1-2/h13H,1-2H2,(H,7,8)(H,9,10)(H,11,12);1-2H2. The SMILES string of the molecule is C=C.O=C(O)CC(O)(CC(=O)O)C(=O)O. The maximum Gasteiger partial charge on any atom is 0.336 e. The lowest BCUT2D eigenvalue weighted by Crippen LogP contribution is -2.42. The van der Waals surface area contributed by atoms with Crippen LogP contribution in [0, 0.1) is 0 Å². The first-order chi connectivity index (χ1) is 6.78. The third-order valence-electron chi connectivity index (χ3n) is 1.29. The van der Waals surface area contributed by atoms with E-state index in [0.717, 1.165) is 0 Å². The summed E-state index contributed by atoms with van der Waals surface area (Å²) in [5, 5.41) is 33.8. The molecule has 0 heterocycles. The van der Waals surface area contributed by atoms with Gasteiger partial charge in [0.15, 0.2) is 5.60 Å². The fourth-order valence-corrected chi connectivity index (χ4v) is 0.714. The van der Waals surface area contributed by atoms with Crippen LogP contribution in [0.3, 0.4) is 0 Å². The fraction of sp³-hybridized carbons (Fsp3) is 0.375. The Morgan fingerprint density at radius 3 is 1.33 bits per heavy atom. The second-order valence-electron chi connectivity index (χ2n) is 2.48. The molecule has 7 nitrogen and oxygen atoms in total. The second-order valence-corrected chi connectivity index (χ2v) is 2.48. The summed E-state index contributed by atoms with van der Waals surface area (Å²) in [7, 11) is 0. The van der Waals surface area contributed by atoms with E-state index in [2.05, 4.69) is 13.2 Å². The van der Waals surface area contributed by atoms with Crippen molar-refractivity contribution >= 4 is 17.9 Å². The zero-order valence-electron chi connectivity index (χ0n) is 7.84. The highest BCUT2D eigenvalue weighted by Gasteiger charge is 2.40. The Labute approximate surface area is 85.3 Å². The summed E-state index contributed by atoms with van der Waals surface area (Å²) >= 11 is 0. The highest BCUT2D eigenvalue weighted by molar-refractivity contribution is 5.88. The summed E-state index contributed by atoms with van der Waals surface area (Å²) in [4.78, 5) is 30.5. The Balaban J connectivity index is 0. The molecule has 0 rings (SSSR count). The van der Waals surface area contributed by atoms with Gasteiger partial charge in [0.05, 0.1) is 12.8 Å². The van der Waals surface area contributed by atoms with Crippen LogP contribution in [0.15, 0.2) is 13.2 Å². The van der Waals surface area contributed by atoms with Gasteiger partial charge in [0.1, 0.15) is 0 Å². The van der Waals surface area contributed by atoms with E-state index in [4.69, 9.17) is 20.4 Å². The Kier molecular flexibility index (Phi) is 6.80. The van der Waals surface area contributed by atoms with E-state index in [1.54, 1.807) is 0 Å². The average molecular weight is 220 g/mol. The summed E-state index contributed by atoms with van der Waals surface area (Å²) in [6.45, 7) is 6.00. The molecule has 0 aromatic rings. The van der Waals surface area contributed by atoms with E-state index < -0.39 is 36.4 Å². The minimum absolute atomic E-state index is 1.14. The molecule has 0 unspecified atom stereocenters. The monoisotopic (exact) mass is 220 g/mol. The van der Waals surface area contributed by atoms with Crippen LogP contribution in [-0.2, 0) is 14.4 Å². The molecule has 0 aliphatic heterocycles. The molecule has 0 aromatic heterocycles. The van der Waals surface area contributed by atoms with Crippen LogP contribution in [0.1, 0.15) is 12.8 Å². The van der Waals surface area contributed by atoms with Crippen molar-refractivity contribution < 1.29 is 34.8 Å². The number of hydrogen-bond acceptors (Lipinski definition) is 4. The highest BCUT2D eigenvalue weighted by Crippen LogP contribution is 2.15. The largest absolute Gasteiger partial charge is 0.481 e. The topological polar surface area (TPSA) is 132 Å². The third-order valence-corrected chi connectivity index (χ3v) is 1.29. The number of rotatable bonds is 5. The van der Waals surface area contributed by atoms with Gasteiger partial charge in [0.2, 0.25) is 0 Å². The van der Waals surface area contributed by atoms with Crippen molar-refractivity contribution in [1.29, 1.82) is 0 Å². The van der Waals surface area contributed by atoms with Crippen LogP contribution in [0.5, 0.6) is 0 Å². The van der Waals surface area contributed by atoms with Crippen molar-refractivity contribution in [2.45, 2.75) is 18.4 Å². The lowest BCUT2D eigenvalue weighted by Gasteiger charge is -2.18. The first-order valence-corrected chi connectivity index (χ1v) is 3.67. The van der Waals surface area contributed by atoms with E-state index in [9.17, 15) is 14.4 Å². The molecule has 0 aromatic carbocycles. The van der Waals surface area contributed by atoms with Crippen molar-refractivity contribution in [3.63, 3.8) is 0 Å². The van der Waals surface area contributed by atoms with Crippen LogP contribution in [0.2, 0.25) is 0 Å². The molecule has 0 amide bonds. The number of aliphatic carboxylic acids is 3. The molecule has 0 fully saturated rings. The molecule has 15 heavy (non-hydrogen) atoms. The fourth-order valence-electron chi connectivity index (χ4n) is 0.714. The van der Waals surface area contributed by atoms with Gasteiger partial charge in [-0.25, -0.2) is 4.79 Å². The molecule has 7 heteroatoms. The molecule has 4 N–H and O–H groups in total. The number of carbonyl (C=O) groups is 3. The summed E-state index contributed by atoms with van der Waals surface area (Å²) in [5.74, 6) is -5.02. The minimum Gasteiger partial charge on any atom is -0.481 e. The van der Waals surface area contributed by atoms with Crippen molar-refractivity contribution in [2.24, 2.45) is 0 Å². The molecule has 0 spiro atoms. The molecule has 0 bridgehead atoms. The van der Waals surface area contributed by atoms with Gasteiger partial charge in [-0.15, -0.1) is 13.2 Å². The summed E-state index contributed by atoms with van der Waals surface area (Å²) in [5.41, 5.74) is -2.74. The van der Waals surface area contributed by atoms with E-state index >= 15 is 0 Å². The van der Waals surface area contributed by atoms with Gasteiger partial charge in [-0.2, -0.15) is 0 Å². The van der Waals surface area contributed by atoms with E-state index in [0.29, 0.717) is 0 Å². The number of hydrogen-bond donors (Lipinski definition) is 4. The molecular formula is C8H12O7. The second kappa shape index (κ2) is 6.55. The number of aliphatic hydroxyl groups is 1. The normalized spacial score (nSPS) is 9.67. The molecule has 0 aliphatic carbocycles. The third kappa shape index (κ3) is 6.22. The number of carboxylic acid groups (broad SMARTS) is 3. The van der Waals surface area contributed by atoms with Gasteiger partial charge in [-0.3, -0.25) is 9.59 Å². The smallest absolute Gasteiger partial charge is 0.336 e. The number of carboxylic acids is 3. The van der Waals surface area contributed by atoms with E-state index in [-0.39, 0.29) is 0 Å². The van der Waals surface area contributed by atoms with Crippen molar-refractivity contribution in [3.8, 4) is 0 Å². The van der Waals surface area contributed by atoms with Gasteiger partial charge in [-0.1, -0.05) is 0 Å². The molecule has 0 saturated heterocycles. The Morgan fingerprint density at radius 1 is 0.933 bits per heavy atom.